The maximum atomic E-state index is 12.7. The van der Waals surface area contributed by atoms with Crippen LogP contribution in [0.5, 0.6) is 0 Å². The van der Waals surface area contributed by atoms with Crippen LogP contribution in [0.3, 0.4) is 0 Å². The summed E-state index contributed by atoms with van der Waals surface area (Å²) in [5.74, 6) is -0.0616. The number of amides is 2. The van der Waals surface area contributed by atoms with Crippen molar-refractivity contribution in [3.8, 4) is 0 Å². The molecule has 2 amide bonds. The molecule has 0 aliphatic carbocycles. The molecule has 1 aromatic carbocycles. The van der Waals surface area contributed by atoms with Crippen molar-refractivity contribution in [2.75, 3.05) is 25.0 Å². The summed E-state index contributed by atoms with van der Waals surface area (Å²) < 4.78 is 5.40. The van der Waals surface area contributed by atoms with Gasteiger partial charge in [0.05, 0.1) is 0 Å². The molecule has 2 aliphatic rings. The van der Waals surface area contributed by atoms with Crippen LogP contribution in [0.4, 0.5) is 5.69 Å². The predicted molar refractivity (Wildman–Crippen MR) is 93.0 cm³/mol. The lowest BCUT2D eigenvalue weighted by Gasteiger charge is -2.25. The van der Waals surface area contributed by atoms with E-state index in [1.807, 2.05) is 23.1 Å². The monoisotopic (exact) mass is 330 g/mol. The molecule has 5 heteroatoms. The minimum Gasteiger partial charge on any atom is -0.368 e. The van der Waals surface area contributed by atoms with E-state index in [0.29, 0.717) is 17.9 Å². The van der Waals surface area contributed by atoms with Crippen molar-refractivity contribution in [2.24, 2.45) is 0 Å². The molecule has 1 atom stereocenters. The number of nitrogens with one attached hydrogen (secondary N) is 1. The molecule has 5 nitrogen and oxygen atoms in total. The zero-order chi connectivity index (χ0) is 16.8. The lowest BCUT2D eigenvalue weighted by atomic mass is 10.1. The van der Waals surface area contributed by atoms with Crippen molar-refractivity contribution >= 4 is 17.5 Å². The van der Waals surface area contributed by atoms with Crippen LogP contribution in [0.15, 0.2) is 24.3 Å². The SMILES string of the molecule is O=C(Nc1cccc(C(=O)N2CCCCCCC2)c1)[C@@H]1CCCO1. The summed E-state index contributed by atoms with van der Waals surface area (Å²) in [4.78, 5) is 26.8. The Hall–Kier alpha value is -1.88. The zero-order valence-electron chi connectivity index (χ0n) is 14.1. The van der Waals surface area contributed by atoms with Crippen molar-refractivity contribution in [1.82, 2.24) is 4.90 Å². The highest BCUT2D eigenvalue weighted by molar-refractivity contribution is 5.98. The number of hydrogen-bond donors (Lipinski definition) is 1. The Labute approximate surface area is 143 Å². The fourth-order valence-corrected chi connectivity index (χ4v) is 3.37. The molecule has 0 unspecified atom stereocenters. The fourth-order valence-electron chi connectivity index (χ4n) is 3.37. The Balaban J connectivity index is 1.65. The van der Waals surface area contributed by atoms with Gasteiger partial charge in [-0.25, -0.2) is 0 Å². The molecule has 0 radical (unpaired) electrons. The van der Waals surface area contributed by atoms with E-state index in [1.54, 1.807) is 6.07 Å². The number of carbonyl (C=O) groups is 2. The van der Waals surface area contributed by atoms with Crippen LogP contribution in [0.1, 0.15) is 55.3 Å². The maximum Gasteiger partial charge on any atom is 0.253 e. The molecule has 2 aliphatic heterocycles. The largest absolute Gasteiger partial charge is 0.368 e. The summed E-state index contributed by atoms with van der Waals surface area (Å²) in [6.45, 7) is 2.29. The van der Waals surface area contributed by atoms with Crippen molar-refractivity contribution in [3.63, 3.8) is 0 Å². The highest BCUT2D eigenvalue weighted by atomic mass is 16.5. The highest BCUT2D eigenvalue weighted by Gasteiger charge is 2.24. The summed E-state index contributed by atoms with van der Waals surface area (Å²) in [5.41, 5.74) is 1.30. The minimum atomic E-state index is -0.362. The number of rotatable bonds is 3. The lowest BCUT2D eigenvalue weighted by molar-refractivity contribution is -0.124. The molecule has 24 heavy (non-hydrogen) atoms. The lowest BCUT2D eigenvalue weighted by Crippen LogP contribution is -2.34. The van der Waals surface area contributed by atoms with E-state index in [9.17, 15) is 9.59 Å². The Morgan fingerprint density at radius 3 is 2.50 bits per heavy atom. The zero-order valence-corrected chi connectivity index (χ0v) is 14.1. The molecule has 2 saturated heterocycles. The molecule has 2 heterocycles. The normalized spacial score (nSPS) is 21.8. The van der Waals surface area contributed by atoms with Gasteiger partial charge in [-0.2, -0.15) is 0 Å². The fraction of sp³-hybridized carbons (Fsp3) is 0.579. The van der Waals surface area contributed by atoms with E-state index in [4.69, 9.17) is 4.74 Å². The number of benzene rings is 1. The summed E-state index contributed by atoms with van der Waals surface area (Å²) in [7, 11) is 0. The standard InChI is InChI=1S/C19H26N2O3/c22-18(17-10-7-13-24-17)20-16-9-6-8-15(14-16)19(23)21-11-4-2-1-3-5-12-21/h6,8-9,14,17H,1-5,7,10-13H2,(H,20,22)/t17-/m0/s1. The summed E-state index contributed by atoms with van der Waals surface area (Å²) in [5, 5.41) is 2.87. The second-order valence-corrected chi connectivity index (χ2v) is 6.63. The molecule has 0 bridgehead atoms. The van der Waals surface area contributed by atoms with Gasteiger partial charge in [0.2, 0.25) is 0 Å². The average Bonchev–Trinajstić information content (AvgIpc) is 3.09. The third-order valence-electron chi connectivity index (χ3n) is 4.74. The van der Waals surface area contributed by atoms with Crippen LogP contribution in [-0.2, 0) is 9.53 Å². The van der Waals surface area contributed by atoms with Gasteiger partial charge in [-0.3, -0.25) is 9.59 Å². The molecule has 0 aromatic heterocycles. The van der Waals surface area contributed by atoms with E-state index < -0.39 is 0 Å². The maximum absolute atomic E-state index is 12.7. The number of carbonyl (C=O) groups excluding carboxylic acids is 2. The number of hydrogen-bond acceptors (Lipinski definition) is 3. The quantitative estimate of drug-likeness (QED) is 0.926. The molecule has 2 fully saturated rings. The van der Waals surface area contributed by atoms with Gasteiger partial charge < -0.3 is 15.0 Å². The van der Waals surface area contributed by atoms with Gasteiger partial charge >= 0.3 is 0 Å². The van der Waals surface area contributed by atoms with E-state index in [1.165, 1.54) is 19.3 Å². The molecular weight excluding hydrogens is 304 g/mol. The molecule has 1 aromatic rings. The van der Waals surface area contributed by atoms with Crippen LogP contribution in [0, 0.1) is 0 Å². The van der Waals surface area contributed by atoms with Crippen molar-refractivity contribution in [3.05, 3.63) is 29.8 Å². The van der Waals surface area contributed by atoms with Crippen molar-refractivity contribution in [1.29, 1.82) is 0 Å². The van der Waals surface area contributed by atoms with Crippen LogP contribution in [0.2, 0.25) is 0 Å². The van der Waals surface area contributed by atoms with Gasteiger partial charge in [0.25, 0.3) is 11.8 Å². The van der Waals surface area contributed by atoms with Crippen molar-refractivity contribution < 1.29 is 14.3 Å². The number of ether oxygens (including phenoxy) is 1. The first-order chi connectivity index (χ1) is 11.7. The van der Waals surface area contributed by atoms with Gasteiger partial charge in [-0.05, 0) is 43.9 Å². The first kappa shape index (κ1) is 17.0. The third kappa shape index (κ3) is 4.35. The molecular formula is C19H26N2O3. The Morgan fingerprint density at radius 1 is 1.04 bits per heavy atom. The molecule has 0 spiro atoms. The van der Waals surface area contributed by atoms with Gasteiger partial charge in [0.1, 0.15) is 6.10 Å². The second kappa shape index (κ2) is 8.29. The van der Waals surface area contributed by atoms with Crippen LogP contribution < -0.4 is 5.32 Å². The van der Waals surface area contributed by atoms with E-state index >= 15 is 0 Å². The molecule has 130 valence electrons. The van der Waals surface area contributed by atoms with Gasteiger partial charge in [0.15, 0.2) is 0 Å². The van der Waals surface area contributed by atoms with E-state index in [0.717, 1.165) is 38.8 Å². The van der Waals surface area contributed by atoms with Gasteiger partial charge in [0, 0.05) is 30.9 Å². The van der Waals surface area contributed by atoms with Gasteiger partial charge in [-0.15, -0.1) is 0 Å². The predicted octanol–water partition coefficient (Wildman–Crippen LogP) is 3.21. The number of nitrogens with zero attached hydrogens (tertiary/aromatic N) is 1. The Kier molecular flexibility index (Phi) is 5.86. The van der Waals surface area contributed by atoms with Gasteiger partial charge in [-0.1, -0.05) is 25.3 Å². The second-order valence-electron chi connectivity index (χ2n) is 6.63. The third-order valence-corrected chi connectivity index (χ3v) is 4.74. The van der Waals surface area contributed by atoms with E-state index in [-0.39, 0.29) is 17.9 Å². The van der Waals surface area contributed by atoms with Crippen LogP contribution in [-0.4, -0.2) is 42.5 Å². The molecule has 1 N–H and O–H groups in total. The van der Waals surface area contributed by atoms with Crippen LogP contribution in [0.25, 0.3) is 0 Å². The molecule has 3 rings (SSSR count). The smallest absolute Gasteiger partial charge is 0.253 e. The molecule has 0 saturated carbocycles. The van der Waals surface area contributed by atoms with Crippen LogP contribution >= 0.6 is 0 Å². The summed E-state index contributed by atoms with van der Waals surface area (Å²) in [6.07, 6.45) is 7.13. The Morgan fingerprint density at radius 2 is 1.79 bits per heavy atom. The number of likely N-dealkylation sites (tertiary alicyclic amines) is 1. The summed E-state index contributed by atoms with van der Waals surface area (Å²) >= 11 is 0. The number of anilines is 1. The topological polar surface area (TPSA) is 58.6 Å². The van der Waals surface area contributed by atoms with Crippen molar-refractivity contribution in [2.45, 2.75) is 51.0 Å². The minimum absolute atomic E-state index is 0.0603. The first-order valence-electron chi connectivity index (χ1n) is 9.06. The highest BCUT2D eigenvalue weighted by Crippen LogP contribution is 2.18. The average molecular weight is 330 g/mol. The summed E-state index contributed by atoms with van der Waals surface area (Å²) in [6, 6.07) is 7.23. The Bertz CT molecular complexity index is 574. The first-order valence-corrected chi connectivity index (χ1v) is 9.06. The van der Waals surface area contributed by atoms with E-state index in [2.05, 4.69) is 5.32 Å².